The molecular weight excluding hydrogens is 300 g/mol. The van der Waals surface area contributed by atoms with E-state index in [1.165, 1.54) is 0 Å². The third-order valence-corrected chi connectivity index (χ3v) is 4.95. The standard InChI is InChI=1S/C17H25ClN2O2/c1-12(5-4-10-20-11-16(21)13(20)2)19(3)17(22)14-6-8-15(18)9-7-14/h6-9,12-13,16,21H,4-5,10-11H2,1-3H3/t12-,13+,16-/m0/s1. The first-order valence-corrected chi connectivity index (χ1v) is 8.22. The highest BCUT2D eigenvalue weighted by molar-refractivity contribution is 6.30. The minimum absolute atomic E-state index is 0.0249. The number of carbonyl (C=O) groups is 1. The molecule has 1 fully saturated rings. The predicted molar refractivity (Wildman–Crippen MR) is 89.3 cm³/mol. The average Bonchev–Trinajstić information content (AvgIpc) is 2.52. The lowest BCUT2D eigenvalue weighted by Crippen LogP contribution is -2.58. The molecule has 1 aromatic rings. The molecule has 122 valence electrons. The van der Waals surface area contributed by atoms with E-state index in [1.54, 1.807) is 29.2 Å². The van der Waals surface area contributed by atoms with E-state index in [-0.39, 0.29) is 24.1 Å². The molecule has 1 saturated heterocycles. The summed E-state index contributed by atoms with van der Waals surface area (Å²) in [6.45, 7) is 5.87. The molecule has 0 radical (unpaired) electrons. The average molecular weight is 325 g/mol. The first kappa shape index (κ1) is 17.3. The number of rotatable bonds is 6. The van der Waals surface area contributed by atoms with Crippen molar-refractivity contribution in [2.45, 2.75) is 44.9 Å². The fraction of sp³-hybridized carbons (Fsp3) is 0.588. The van der Waals surface area contributed by atoms with Crippen LogP contribution in [0.25, 0.3) is 0 Å². The number of carbonyl (C=O) groups excluding carboxylic acids is 1. The van der Waals surface area contributed by atoms with Gasteiger partial charge in [0.25, 0.3) is 5.91 Å². The maximum absolute atomic E-state index is 12.4. The first-order chi connectivity index (χ1) is 10.4. The summed E-state index contributed by atoms with van der Waals surface area (Å²) in [7, 11) is 1.84. The fourth-order valence-corrected chi connectivity index (χ4v) is 2.87. The second kappa shape index (κ2) is 7.44. The van der Waals surface area contributed by atoms with E-state index in [9.17, 15) is 9.90 Å². The second-order valence-electron chi connectivity index (χ2n) is 6.22. The van der Waals surface area contributed by atoms with Gasteiger partial charge in [-0.2, -0.15) is 0 Å². The SMILES string of the molecule is C[C@@H]1[C@@H](O)CN1CCC[C@H](C)N(C)C(=O)c1ccc(Cl)cc1. The largest absolute Gasteiger partial charge is 0.390 e. The van der Waals surface area contributed by atoms with Crippen molar-refractivity contribution in [1.29, 1.82) is 0 Å². The normalized spacial score (nSPS) is 23.0. The maximum Gasteiger partial charge on any atom is 0.253 e. The highest BCUT2D eigenvalue weighted by Crippen LogP contribution is 2.19. The van der Waals surface area contributed by atoms with Crippen molar-refractivity contribution in [3.63, 3.8) is 0 Å². The van der Waals surface area contributed by atoms with Crippen molar-refractivity contribution in [2.24, 2.45) is 0 Å². The number of hydrogen-bond acceptors (Lipinski definition) is 3. The van der Waals surface area contributed by atoms with Gasteiger partial charge in [0.2, 0.25) is 0 Å². The van der Waals surface area contributed by atoms with Gasteiger partial charge >= 0.3 is 0 Å². The van der Waals surface area contributed by atoms with E-state index >= 15 is 0 Å². The summed E-state index contributed by atoms with van der Waals surface area (Å²) in [5.74, 6) is 0.0249. The molecule has 1 aliphatic heterocycles. The number of β-amino-alcohol motifs (C(OH)–C–C–N with tert-alkyl or cyclic N) is 1. The van der Waals surface area contributed by atoms with Crippen molar-refractivity contribution < 1.29 is 9.90 Å². The van der Waals surface area contributed by atoms with Gasteiger partial charge in [-0.05, 0) is 57.5 Å². The van der Waals surface area contributed by atoms with Crippen LogP contribution < -0.4 is 0 Å². The zero-order valence-corrected chi connectivity index (χ0v) is 14.3. The number of halogens is 1. The van der Waals surface area contributed by atoms with Crippen LogP contribution in [0.15, 0.2) is 24.3 Å². The molecule has 0 spiro atoms. The molecule has 1 heterocycles. The van der Waals surface area contributed by atoms with Crippen molar-refractivity contribution >= 4 is 17.5 Å². The molecule has 5 heteroatoms. The number of aliphatic hydroxyl groups excluding tert-OH is 1. The van der Waals surface area contributed by atoms with Crippen LogP contribution in [0, 0.1) is 0 Å². The molecule has 1 amide bonds. The van der Waals surface area contributed by atoms with Crippen LogP contribution in [0.4, 0.5) is 0 Å². The van der Waals surface area contributed by atoms with E-state index in [1.807, 2.05) is 14.0 Å². The van der Waals surface area contributed by atoms with Crippen LogP contribution >= 0.6 is 11.6 Å². The molecular formula is C17H25ClN2O2. The van der Waals surface area contributed by atoms with Crippen LogP contribution in [0.3, 0.4) is 0 Å². The fourth-order valence-electron chi connectivity index (χ4n) is 2.74. The highest BCUT2D eigenvalue weighted by atomic mass is 35.5. The molecule has 4 nitrogen and oxygen atoms in total. The Bertz CT molecular complexity index is 506. The lowest BCUT2D eigenvalue weighted by Gasteiger charge is -2.43. The van der Waals surface area contributed by atoms with E-state index in [0.717, 1.165) is 25.9 Å². The maximum atomic E-state index is 12.4. The number of amides is 1. The highest BCUT2D eigenvalue weighted by Gasteiger charge is 2.32. The van der Waals surface area contributed by atoms with Crippen LogP contribution in [0.1, 0.15) is 37.0 Å². The predicted octanol–water partition coefficient (Wildman–Crippen LogP) is 2.65. The molecule has 1 aromatic carbocycles. The third-order valence-electron chi connectivity index (χ3n) is 4.69. The summed E-state index contributed by atoms with van der Waals surface area (Å²) in [5.41, 5.74) is 0.665. The van der Waals surface area contributed by atoms with Gasteiger partial charge in [0.1, 0.15) is 0 Å². The molecule has 22 heavy (non-hydrogen) atoms. The number of likely N-dealkylation sites (tertiary alicyclic amines) is 1. The Morgan fingerprint density at radius 3 is 2.64 bits per heavy atom. The van der Waals surface area contributed by atoms with E-state index in [4.69, 9.17) is 11.6 Å². The van der Waals surface area contributed by atoms with Gasteiger partial charge in [-0.15, -0.1) is 0 Å². The lowest BCUT2D eigenvalue weighted by molar-refractivity contribution is -0.0528. The lowest BCUT2D eigenvalue weighted by atomic mass is 10.0. The second-order valence-corrected chi connectivity index (χ2v) is 6.65. The molecule has 1 aliphatic rings. The number of aliphatic hydroxyl groups is 1. The summed E-state index contributed by atoms with van der Waals surface area (Å²) in [6.07, 6.45) is 1.80. The van der Waals surface area contributed by atoms with Gasteiger partial charge in [0.15, 0.2) is 0 Å². The topological polar surface area (TPSA) is 43.8 Å². The Balaban J connectivity index is 1.77. The van der Waals surface area contributed by atoms with Crippen LogP contribution in [0.5, 0.6) is 0 Å². The molecule has 0 bridgehead atoms. The first-order valence-electron chi connectivity index (χ1n) is 7.85. The summed E-state index contributed by atoms with van der Waals surface area (Å²) < 4.78 is 0. The third kappa shape index (κ3) is 4.00. The van der Waals surface area contributed by atoms with Gasteiger partial charge in [-0.1, -0.05) is 11.6 Å². The smallest absolute Gasteiger partial charge is 0.253 e. The molecule has 3 atom stereocenters. The van der Waals surface area contributed by atoms with Crippen LogP contribution in [-0.4, -0.2) is 59.1 Å². The van der Waals surface area contributed by atoms with Gasteiger partial charge in [0, 0.05) is 36.3 Å². The Labute approximate surface area is 137 Å². The molecule has 2 rings (SSSR count). The Kier molecular flexibility index (Phi) is 5.84. The van der Waals surface area contributed by atoms with Gasteiger partial charge in [0.05, 0.1) is 6.10 Å². The van der Waals surface area contributed by atoms with Gasteiger partial charge < -0.3 is 10.0 Å². The minimum atomic E-state index is -0.174. The van der Waals surface area contributed by atoms with Crippen molar-refractivity contribution in [3.05, 3.63) is 34.9 Å². The van der Waals surface area contributed by atoms with Crippen molar-refractivity contribution in [1.82, 2.24) is 9.80 Å². The molecule has 0 unspecified atom stereocenters. The van der Waals surface area contributed by atoms with E-state index < -0.39 is 0 Å². The summed E-state index contributed by atoms with van der Waals surface area (Å²) in [5, 5.41) is 10.1. The summed E-state index contributed by atoms with van der Waals surface area (Å²) >= 11 is 5.85. The number of nitrogens with zero attached hydrogens (tertiary/aromatic N) is 2. The number of hydrogen-bond donors (Lipinski definition) is 1. The van der Waals surface area contributed by atoms with E-state index in [0.29, 0.717) is 10.6 Å². The van der Waals surface area contributed by atoms with Crippen molar-refractivity contribution in [3.8, 4) is 0 Å². The quantitative estimate of drug-likeness (QED) is 0.875. The van der Waals surface area contributed by atoms with Gasteiger partial charge in [-0.25, -0.2) is 0 Å². The van der Waals surface area contributed by atoms with Crippen LogP contribution in [-0.2, 0) is 0 Å². The van der Waals surface area contributed by atoms with E-state index in [2.05, 4.69) is 11.8 Å². The van der Waals surface area contributed by atoms with Crippen molar-refractivity contribution in [2.75, 3.05) is 20.1 Å². The zero-order chi connectivity index (χ0) is 16.3. The summed E-state index contributed by atoms with van der Waals surface area (Å²) in [6, 6.07) is 7.45. The Hall–Kier alpha value is -1.10. The van der Waals surface area contributed by atoms with Crippen LogP contribution in [0.2, 0.25) is 5.02 Å². The van der Waals surface area contributed by atoms with Gasteiger partial charge in [-0.3, -0.25) is 9.69 Å². The Morgan fingerprint density at radius 2 is 2.09 bits per heavy atom. The monoisotopic (exact) mass is 324 g/mol. The zero-order valence-electron chi connectivity index (χ0n) is 13.5. The molecule has 0 saturated carbocycles. The molecule has 1 N–H and O–H groups in total. The number of benzene rings is 1. The Morgan fingerprint density at radius 1 is 1.45 bits per heavy atom. The summed E-state index contributed by atoms with van der Waals surface area (Å²) in [4.78, 5) is 16.5. The molecule has 0 aliphatic carbocycles. The molecule has 0 aromatic heterocycles. The minimum Gasteiger partial charge on any atom is -0.390 e.